The van der Waals surface area contributed by atoms with Crippen molar-refractivity contribution in [2.75, 3.05) is 0 Å². The molecule has 0 saturated carbocycles. The maximum Gasteiger partial charge on any atom is 0.124 e. The molecular formula is C19H15ClO. The number of phenolic OH excluding ortho intramolecular Hbond substituents is 1. The maximum atomic E-state index is 10.4. The highest BCUT2D eigenvalue weighted by Crippen LogP contribution is 2.53. The van der Waals surface area contributed by atoms with Crippen LogP contribution in [0.1, 0.15) is 25.0 Å². The molecule has 0 atom stereocenters. The number of hydrogen-bond donors (Lipinski definition) is 1. The Balaban J connectivity index is 2.32. The number of hydrogen-bond acceptors (Lipinski definition) is 1. The molecule has 2 heteroatoms. The Labute approximate surface area is 128 Å². The molecule has 1 aliphatic carbocycles. The van der Waals surface area contributed by atoms with Crippen LogP contribution in [0.15, 0.2) is 48.5 Å². The summed E-state index contributed by atoms with van der Waals surface area (Å²) in [5, 5.41) is 13.5. The fourth-order valence-corrected chi connectivity index (χ4v) is 4.07. The molecule has 21 heavy (non-hydrogen) atoms. The Kier molecular flexibility index (Phi) is 2.44. The van der Waals surface area contributed by atoms with Gasteiger partial charge in [-0.2, -0.15) is 0 Å². The summed E-state index contributed by atoms with van der Waals surface area (Å²) >= 11 is 6.50. The van der Waals surface area contributed by atoms with Gasteiger partial charge >= 0.3 is 0 Å². The number of aromatic hydroxyl groups is 1. The molecule has 3 aromatic carbocycles. The second-order valence-corrected chi connectivity index (χ2v) is 6.56. The predicted octanol–water partition coefficient (Wildman–Crippen LogP) is 5.51. The largest absolute Gasteiger partial charge is 0.507 e. The second-order valence-electron chi connectivity index (χ2n) is 6.15. The van der Waals surface area contributed by atoms with Crippen LogP contribution < -0.4 is 0 Å². The normalized spacial score (nSPS) is 15.0. The minimum absolute atomic E-state index is 0.187. The Morgan fingerprint density at radius 1 is 0.952 bits per heavy atom. The van der Waals surface area contributed by atoms with E-state index in [9.17, 15) is 5.11 Å². The zero-order valence-corrected chi connectivity index (χ0v) is 12.7. The fraction of sp³-hybridized carbons (Fsp3) is 0.158. The Morgan fingerprint density at radius 3 is 2.52 bits per heavy atom. The van der Waals surface area contributed by atoms with Gasteiger partial charge in [-0.05, 0) is 39.6 Å². The minimum atomic E-state index is -0.187. The van der Waals surface area contributed by atoms with Gasteiger partial charge in [0.15, 0.2) is 0 Å². The van der Waals surface area contributed by atoms with E-state index in [4.69, 9.17) is 11.6 Å². The van der Waals surface area contributed by atoms with Crippen molar-refractivity contribution >= 4 is 22.4 Å². The second kappa shape index (κ2) is 4.02. The molecule has 1 nitrogen and oxygen atoms in total. The first kappa shape index (κ1) is 12.7. The Morgan fingerprint density at radius 2 is 1.71 bits per heavy atom. The van der Waals surface area contributed by atoms with Gasteiger partial charge in [0.05, 0.1) is 0 Å². The van der Waals surface area contributed by atoms with E-state index in [-0.39, 0.29) is 5.41 Å². The quantitative estimate of drug-likeness (QED) is 0.580. The van der Waals surface area contributed by atoms with Crippen molar-refractivity contribution < 1.29 is 5.11 Å². The van der Waals surface area contributed by atoms with Crippen LogP contribution in [-0.4, -0.2) is 5.11 Å². The smallest absolute Gasteiger partial charge is 0.124 e. The zero-order chi connectivity index (χ0) is 14.8. The molecule has 0 spiro atoms. The molecular weight excluding hydrogens is 280 g/mol. The van der Waals surface area contributed by atoms with E-state index in [1.807, 2.05) is 24.3 Å². The van der Waals surface area contributed by atoms with Crippen molar-refractivity contribution in [1.29, 1.82) is 0 Å². The summed E-state index contributed by atoms with van der Waals surface area (Å²) in [6.45, 7) is 4.39. The lowest BCUT2D eigenvalue weighted by Gasteiger charge is -2.36. The van der Waals surface area contributed by atoms with E-state index in [1.54, 1.807) is 6.07 Å². The summed E-state index contributed by atoms with van der Waals surface area (Å²) in [6.07, 6.45) is 0. The minimum Gasteiger partial charge on any atom is -0.507 e. The third-order valence-corrected chi connectivity index (χ3v) is 4.92. The van der Waals surface area contributed by atoms with Crippen LogP contribution in [0.25, 0.3) is 21.9 Å². The molecule has 0 heterocycles. The molecule has 3 aromatic rings. The standard InChI is InChI=1S/C19H15ClO/c1-19(2)13-7-3-5-11-9-10-15(21)17(16(11)13)12-6-4-8-14(20)18(12)19/h3-10,21H,1-2H3. The Bertz CT molecular complexity index is 893. The van der Waals surface area contributed by atoms with Gasteiger partial charge in [-0.25, -0.2) is 0 Å². The molecule has 0 bridgehead atoms. The van der Waals surface area contributed by atoms with Crippen LogP contribution in [0.3, 0.4) is 0 Å². The van der Waals surface area contributed by atoms with Crippen LogP contribution in [-0.2, 0) is 5.41 Å². The molecule has 4 rings (SSSR count). The lowest BCUT2D eigenvalue weighted by Crippen LogP contribution is -2.24. The summed E-state index contributed by atoms with van der Waals surface area (Å²) in [5.41, 5.74) is 4.06. The highest BCUT2D eigenvalue weighted by Gasteiger charge is 2.35. The third kappa shape index (κ3) is 1.53. The summed E-state index contributed by atoms with van der Waals surface area (Å²) in [5.74, 6) is 0.314. The fourth-order valence-electron chi connectivity index (χ4n) is 3.66. The Hall–Kier alpha value is -1.99. The van der Waals surface area contributed by atoms with Gasteiger partial charge in [0.25, 0.3) is 0 Å². The maximum absolute atomic E-state index is 10.4. The van der Waals surface area contributed by atoms with Crippen molar-refractivity contribution in [3.63, 3.8) is 0 Å². The molecule has 0 saturated heterocycles. The molecule has 1 N–H and O–H groups in total. The molecule has 0 aliphatic heterocycles. The summed E-state index contributed by atoms with van der Waals surface area (Å²) in [4.78, 5) is 0. The van der Waals surface area contributed by atoms with E-state index in [0.29, 0.717) is 5.75 Å². The lowest BCUT2D eigenvalue weighted by molar-refractivity contribution is 0.477. The average Bonchev–Trinajstić information content (AvgIpc) is 2.45. The first-order valence-corrected chi connectivity index (χ1v) is 7.44. The molecule has 0 fully saturated rings. The predicted molar refractivity (Wildman–Crippen MR) is 88.2 cm³/mol. The van der Waals surface area contributed by atoms with E-state index >= 15 is 0 Å². The topological polar surface area (TPSA) is 20.2 Å². The molecule has 104 valence electrons. The van der Waals surface area contributed by atoms with Crippen LogP contribution in [0, 0.1) is 0 Å². The van der Waals surface area contributed by atoms with E-state index in [2.05, 4.69) is 32.0 Å². The first-order valence-electron chi connectivity index (χ1n) is 7.06. The molecule has 0 aromatic heterocycles. The van der Waals surface area contributed by atoms with E-state index in [0.717, 1.165) is 32.5 Å². The summed E-state index contributed by atoms with van der Waals surface area (Å²) in [6, 6.07) is 16.0. The SMILES string of the molecule is CC1(C)c2c(Cl)cccc2-c2c(O)ccc3cccc1c23. The van der Waals surface area contributed by atoms with Gasteiger partial charge < -0.3 is 5.11 Å². The number of phenols is 1. The van der Waals surface area contributed by atoms with Crippen molar-refractivity contribution in [3.05, 3.63) is 64.7 Å². The van der Waals surface area contributed by atoms with Gasteiger partial charge in [-0.15, -0.1) is 0 Å². The van der Waals surface area contributed by atoms with Crippen LogP contribution in [0.2, 0.25) is 5.02 Å². The van der Waals surface area contributed by atoms with Crippen LogP contribution >= 0.6 is 11.6 Å². The van der Waals surface area contributed by atoms with Crippen LogP contribution in [0.5, 0.6) is 5.75 Å². The monoisotopic (exact) mass is 294 g/mol. The average molecular weight is 295 g/mol. The first-order chi connectivity index (χ1) is 10.0. The number of halogens is 1. The summed E-state index contributed by atoms with van der Waals surface area (Å²) < 4.78 is 0. The third-order valence-electron chi connectivity index (χ3n) is 4.60. The van der Waals surface area contributed by atoms with Crippen molar-refractivity contribution in [1.82, 2.24) is 0 Å². The summed E-state index contributed by atoms with van der Waals surface area (Å²) in [7, 11) is 0. The molecule has 0 unspecified atom stereocenters. The van der Waals surface area contributed by atoms with Gasteiger partial charge in [0.1, 0.15) is 5.75 Å². The van der Waals surface area contributed by atoms with Crippen molar-refractivity contribution in [2.24, 2.45) is 0 Å². The van der Waals surface area contributed by atoms with Gasteiger partial charge in [0.2, 0.25) is 0 Å². The highest BCUT2D eigenvalue weighted by atomic mass is 35.5. The van der Waals surface area contributed by atoms with E-state index in [1.165, 1.54) is 5.56 Å². The number of fused-ring (bicyclic) bond motifs is 2. The van der Waals surface area contributed by atoms with Crippen molar-refractivity contribution in [3.8, 4) is 16.9 Å². The van der Waals surface area contributed by atoms with Crippen LogP contribution in [0.4, 0.5) is 0 Å². The van der Waals surface area contributed by atoms with Crippen molar-refractivity contribution in [2.45, 2.75) is 19.3 Å². The molecule has 0 radical (unpaired) electrons. The van der Waals surface area contributed by atoms with Gasteiger partial charge in [0, 0.05) is 16.0 Å². The van der Waals surface area contributed by atoms with E-state index < -0.39 is 0 Å². The number of benzene rings is 3. The highest BCUT2D eigenvalue weighted by molar-refractivity contribution is 6.32. The molecule has 1 aliphatic rings. The lowest BCUT2D eigenvalue weighted by atomic mass is 9.68. The zero-order valence-electron chi connectivity index (χ0n) is 11.9. The number of rotatable bonds is 0. The molecule has 0 amide bonds. The van der Waals surface area contributed by atoms with Gasteiger partial charge in [-0.1, -0.05) is 61.8 Å². The van der Waals surface area contributed by atoms with Gasteiger partial charge in [-0.3, -0.25) is 0 Å².